The monoisotopic (exact) mass is 421 g/mol. The Labute approximate surface area is 172 Å². The molecule has 0 bridgehead atoms. The highest BCUT2D eigenvalue weighted by atomic mass is 19.1. The minimum Gasteiger partial charge on any atom is -0.484 e. The molecule has 160 valence electrons. The Morgan fingerprint density at radius 2 is 1.63 bits per heavy atom. The highest BCUT2D eigenvalue weighted by Crippen LogP contribution is 2.17. The lowest BCUT2D eigenvalue weighted by Gasteiger charge is -2.37. The average Bonchev–Trinajstić information content (AvgIpc) is 2.75. The lowest BCUT2D eigenvalue weighted by molar-refractivity contribution is -0.135. The summed E-state index contributed by atoms with van der Waals surface area (Å²) in [7, 11) is 0. The Bertz CT molecular complexity index is 900. The van der Waals surface area contributed by atoms with Crippen LogP contribution in [0.3, 0.4) is 0 Å². The average molecular weight is 421 g/mol. The van der Waals surface area contributed by atoms with Crippen LogP contribution >= 0.6 is 0 Å². The highest BCUT2D eigenvalue weighted by Gasteiger charge is 2.28. The van der Waals surface area contributed by atoms with Crippen LogP contribution in [0.25, 0.3) is 0 Å². The van der Waals surface area contributed by atoms with Gasteiger partial charge >= 0.3 is 0 Å². The molecule has 9 heteroatoms. The molecule has 0 spiro atoms. The number of hydrogen-bond acceptors (Lipinski definition) is 4. The molecule has 2 amide bonds. The van der Waals surface area contributed by atoms with E-state index in [0.29, 0.717) is 31.9 Å². The first-order chi connectivity index (χ1) is 14.3. The molecule has 1 atom stereocenters. The number of amides is 2. The summed E-state index contributed by atoms with van der Waals surface area (Å²) in [6.07, 6.45) is 0. The first kappa shape index (κ1) is 21.6. The van der Waals surface area contributed by atoms with Gasteiger partial charge in [0.1, 0.15) is 23.2 Å². The fourth-order valence-corrected chi connectivity index (χ4v) is 3.12. The van der Waals surface area contributed by atoms with E-state index in [1.807, 2.05) is 4.90 Å². The molecule has 30 heavy (non-hydrogen) atoms. The summed E-state index contributed by atoms with van der Waals surface area (Å²) in [5, 5.41) is 2.40. The van der Waals surface area contributed by atoms with Crippen LogP contribution in [-0.4, -0.2) is 60.4 Å². The number of halogens is 3. The van der Waals surface area contributed by atoms with Crippen molar-refractivity contribution in [3.63, 3.8) is 0 Å². The highest BCUT2D eigenvalue weighted by molar-refractivity contribution is 5.94. The number of benzene rings is 2. The summed E-state index contributed by atoms with van der Waals surface area (Å²) in [5.41, 5.74) is -0.210. The van der Waals surface area contributed by atoms with Crippen LogP contribution in [0.1, 0.15) is 6.92 Å². The zero-order valence-electron chi connectivity index (χ0n) is 16.4. The first-order valence-electron chi connectivity index (χ1n) is 9.49. The Morgan fingerprint density at radius 3 is 2.30 bits per heavy atom. The van der Waals surface area contributed by atoms with Gasteiger partial charge in [0.25, 0.3) is 5.91 Å². The van der Waals surface area contributed by atoms with Crippen LogP contribution in [0.2, 0.25) is 0 Å². The van der Waals surface area contributed by atoms with E-state index in [0.717, 1.165) is 18.2 Å². The maximum Gasteiger partial charge on any atom is 0.260 e. The van der Waals surface area contributed by atoms with Gasteiger partial charge in [-0.3, -0.25) is 14.5 Å². The second-order valence-corrected chi connectivity index (χ2v) is 6.95. The van der Waals surface area contributed by atoms with Crippen LogP contribution in [-0.2, 0) is 9.59 Å². The SMILES string of the molecule is CC(C(=O)Nc1cc(F)ccc1F)N1CCN(C(=O)COc2ccc(F)cc2)CC1. The lowest BCUT2D eigenvalue weighted by atomic mass is 10.2. The quantitative estimate of drug-likeness (QED) is 0.779. The number of carbonyl (C=O) groups excluding carboxylic acids is 2. The molecule has 1 saturated heterocycles. The normalized spacial score (nSPS) is 15.5. The van der Waals surface area contributed by atoms with Crippen LogP contribution in [0.15, 0.2) is 42.5 Å². The molecule has 6 nitrogen and oxygen atoms in total. The zero-order valence-corrected chi connectivity index (χ0v) is 16.4. The molecule has 2 aromatic carbocycles. The van der Waals surface area contributed by atoms with Crippen molar-refractivity contribution < 1.29 is 27.5 Å². The molecular formula is C21H22F3N3O3. The third-order valence-corrected chi connectivity index (χ3v) is 4.96. The van der Waals surface area contributed by atoms with Crippen molar-refractivity contribution in [3.05, 3.63) is 59.9 Å². The summed E-state index contributed by atoms with van der Waals surface area (Å²) < 4.78 is 45.3. The molecular weight excluding hydrogens is 399 g/mol. The largest absolute Gasteiger partial charge is 0.484 e. The lowest BCUT2D eigenvalue weighted by Crippen LogP contribution is -2.54. The van der Waals surface area contributed by atoms with Crippen molar-refractivity contribution in [2.75, 3.05) is 38.1 Å². The van der Waals surface area contributed by atoms with Crippen molar-refractivity contribution in [1.82, 2.24) is 9.80 Å². The summed E-state index contributed by atoms with van der Waals surface area (Å²) in [6, 6.07) is 7.67. The fourth-order valence-electron chi connectivity index (χ4n) is 3.12. The summed E-state index contributed by atoms with van der Waals surface area (Å²) >= 11 is 0. The van der Waals surface area contributed by atoms with Crippen LogP contribution < -0.4 is 10.1 Å². The number of anilines is 1. The zero-order chi connectivity index (χ0) is 21.7. The molecule has 0 aliphatic carbocycles. The Morgan fingerprint density at radius 1 is 1.00 bits per heavy atom. The van der Waals surface area contributed by atoms with Gasteiger partial charge in [0.2, 0.25) is 5.91 Å². The van der Waals surface area contributed by atoms with Crippen molar-refractivity contribution in [2.45, 2.75) is 13.0 Å². The Balaban J connectivity index is 1.46. The second kappa shape index (κ2) is 9.62. The van der Waals surface area contributed by atoms with Crippen molar-refractivity contribution >= 4 is 17.5 Å². The van der Waals surface area contributed by atoms with E-state index in [4.69, 9.17) is 4.74 Å². The van der Waals surface area contributed by atoms with E-state index in [9.17, 15) is 22.8 Å². The number of piperazine rings is 1. The third-order valence-electron chi connectivity index (χ3n) is 4.96. The maximum absolute atomic E-state index is 13.7. The van der Waals surface area contributed by atoms with Gasteiger partial charge in [-0.1, -0.05) is 0 Å². The standard InChI is InChI=1S/C21H22F3N3O3/c1-14(21(29)25-19-12-16(23)4-7-18(19)24)26-8-10-27(11-9-26)20(28)13-30-17-5-2-15(22)3-6-17/h2-7,12,14H,8-11,13H2,1H3,(H,25,29). The minimum atomic E-state index is -0.714. The smallest absolute Gasteiger partial charge is 0.260 e. The number of nitrogens with one attached hydrogen (secondary N) is 1. The number of carbonyl (C=O) groups is 2. The molecule has 1 aliphatic heterocycles. The number of nitrogens with zero attached hydrogens (tertiary/aromatic N) is 2. The Hall–Kier alpha value is -3.07. The minimum absolute atomic E-state index is 0.166. The molecule has 0 radical (unpaired) electrons. The Kier molecular flexibility index (Phi) is 6.94. The van der Waals surface area contributed by atoms with Gasteiger partial charge in [0, 0.05) is 32.2 Å². The van der Waals surface area contributed by atoms with E-state index in [2.05, 4.69) is 5.32 Å². The van der Waals surface area contributed by atoms with E-state index < -0.39 is 23.6 Å². The first-order valence-corrected chi connectivity index (χ1v) is 9.49. The molecule has 3 rings (SSSR count). The van der Waals surface area contributed by atoms with Crippen LogP contribution in [0.4, 0.5) is 18.9 Å². The van der Waals surface area contributed by atoms with Gasteiger partial charge in [-0.15, -0.1) is 0 Å². The van der Waals surface area contributed by atoms with Gasteiger partial charge < -0.3 is 15.0 Å². The summed E-state index contributed by atoms with van der Waals surface area (Å²) in [6.45, 7) is 3.20. The molecule has 0 aromatic heterocycles. The molecule has 1 N–H and O–H groups in total. The van der Waals surface area contributed by atoms with E-state index in [1.165, 1.54) is 24.3 Å². The van der Waals surface area contributed by atoms with Crippen molar-refractivity contribution in [1.29, 1.82) is 0 Å². The van der Waals surface area contributed by atoms with Gasteiger partial charge in [-0.2, -0.15) is 0 Å². The van der Waals surface area contributed by atoms with Crippen molar-refractivity contribution in [2.24, 2.45) is 0 Å². The molecule has 2 aromatic rings. The number of rotatable bonds is 6. The number of ether oxygens (including phenoxy) is 1. The number of hydrogen-bond donors (Lipinski definition) is 1. The van der Waals surface area contributed by atoms with Gasteiger partial charge in [0.15, 0.2) is 6.61 Å². The van der Waals surface area contributed by atoms with Crippen molar-refractivity contribution in [3.8, 4) is 5.75 Å². The summed E-state index contributed by atoms with van der Waals surface area (Å²) in [5.74, 6) is -2.01. The molecule has 1 heterocycles. The van der Waals surface area contributed by atoms with E-state index in [1.54, 1.807) is 11.8 Å². The van der Waals surface area contributed by atoms with Gasteiger partial charge in [-0.25, -0.2) is 13.2 Å². The van der Waals surface area contributed by atoms with E-state index in [-0.39, 0.29) is 24.0 Å². The molecule has 1 unspecified atom stereocenters. The predicted molar refractivity (Wildman–Crippen MR) is 104 cm³/mol. The molecule has 1 fully saturated rings. The van der Waals surface area contributed by atoms with Crippen LogP contribution in [0, 0.1) is 17.5 Å². The summed E-state index contributed by atoms with van der Waals surface area (Å²) in [4.78, 5) is 28.2. The molecule has 0 saturated carbocycles. The predicted octanol–water partition coefficient (Wildman–Crippen LogP) is 2.65. The maximum atomic E-state index is 13.7. The van der Waals surface area contributed by atoms with E-state index >= 15 is 0 Å². The van der Waals surface area contributed by atoms with Gasteiger partial charge in [0.05, 0.1) is 11.7 Å². The van der Waals surface area contributed by atoms with Gasteiger partial charge in [-0.05, 0) is 43.3 Å². The molecule has 1 aliphatic rings. The fraction of sp³-hybridized carbons (Fsp3) is 0.333. The topological polar surface area (TPSA) is 61.9 Å². The third kappa shape index (κ3) is 5.50. The second-order valence-electron chi connectivity index (χ2n) is 6.95. The van der Waals surface area contributed by atoms with Crippen LogP contribution in [0.5, 0.6) is 5.75 Å².